The molecule has 3 fully saturated rings. The summed E-state index contributed by atoms with van der Waals surface area (Å²) in [5.41, 5.74) is -0.116. The smallest absolute Gasteiger partial charge is 0.192 e. The van der Waals surface area contributed by atoms with Crippen molar-refractivity contribution in [2.75, 3.05) is 0 Å². The standard InChI is InChI=1S/C26H48O3Si/c1-23(2,3)30(7,8)29-21-11-9-15-25(6)20(21)12-13-22(25)26(17-19(26)18-27)16-10-14-24(4,5)28/h18-22,28H,9-17H2,1-8H3/t19?,20?,21-,22?,25-,26?/m0/s1. The lowest BCUT2D eigenvalue weighted by atomic mass is 9.59. The Kier molecular flexibility index (Phi) is 6.51. The van der Waals surface area contributed by atoms with Crippen molar-refractivity contribution in [2.24, 2.45) is 28.6 Å². The molecule has 0 heterocycles. The SMILES string of the molecule is CC(C)(O)CCCC1(C2CCC3[C@@H](O[Si](C)(C)C(C)(C)C)CCC[C@@]32C)CC1C=O. The van der Waals surface area contributed by atoms with E-state index in [1.165, 1.54) is 38.4 Å². The quantitative estimate of drug-likeness (QED) is 0.338. The van der Waals surface area contributed by atoms with Gasteiger partial charge in [0.15, 0.2) is 8.32 Å². The van der Waals surface area contributed by atoms with Crippen molar-refractivity contribution in [3.05, 3.63) is 0 Å². The molecule has 3 aliphatic rings. The van der Waals surface area contributed by atoms with Crippen LogP contribution in [0.2, 0.25) is 18.1 Å². The highest BCUT2D eigenvalue weighted by Gasteiger charge is 2.66. The second kappa shape index (κ2) is 7.99. The summed E-state index contributed by atoms with van der Waals surface area (Å²) in [6.45, 7) is 18.2. The number of rotatable bonds is 8. The van der Waals surface area contributed by atoms with Crippen molar-refractivity contribution in [3.8, 4) is 0 Å². The first-order valence-corrected chi connectivity index (χ1v) is 15.4. The Bertz CT molecular complexity index is 631. The number of fused-ring (bicyclic) bond motifs is 1. The highest BCUT2D eigenvalue weighted by molar-refractivity contribution is 6.74. The van der Waals surface area contributed by atoms with Gasteiger partial charge in [-0.1, -0.05) is 40.5 Å². The average Bonchev–Trinajstić information content (AvgIpc) is 3.16. The van der Waals surface area contributed by atoms with E-state index in [9.17, 15) is 9.90 Å². The second-order valence-electron chi connectivity index (χ2n) is 13.4. The molecule has 3 rings (SSSR count). The normalized spacial score (nSPS) is 39.6. The molecule has 0 amide bonds. The number of hydrogen-bond acceptors (Lipinski definition) is 3. The Labute approximate surface area is 186 Å². The topological polar surface area (TPSA) is 46.5 Å². The Morgan fingerprint density at radius 3 is 2.33 bits per heavy atom. The van der Waals surface area contributed by atoms with Crippen LogP contribution >= 0.6 is 0 Å². The Balaban J connectivity index is 1.77. The van der Waals surface area contributed by atoms with E-state index in [0.29, 0.717) is 23.4 Å². The van der Waals surface area contributed by atoms with Gasteiger partial charge in [-0.3, -0.25) is 0 Å². The fourth-order valence-electron chi connectivity index (χ4n) is 7.01. The van der Waals surface area contributed by atoms with E-state index < -0.39 is 13.9 Å². The third-order valence-corrected chi connectivity index (χ3v) is 14.3. The maximum absolute atomic E-state index is 11.9. The molecule has 3 saturated carbocycles. The van der Waals surface area contributed by atoms with Crippen molar-refractivity contribution in [2.45, 2.75) is 129 Å². The van der Waals surface area contributed by atoms with Crippen LogP contribution in [0.4, 0.5) is 0 Å². The minimum atomic E-state index is -1.78. The van der Waals surface area contributed by atoms with Crippen LogP contribution in [-0.4, -0.2) is 31.4 Å². The van der Waals surface area contributed by atoms with Crippen LogP contribution in [0.3, 0.4) is 0 Å². The molecule has 3 aliphatic carbocycles. The summed E-state index contributed by atoms with van der Waals surface area (Å²) in [5, 5.41) is 10.4. The zero-order chi connectivity index (χ0) is 22.6. The molecule has 0 aromatic heterocycles. The van der Waals surface area contributed by atoms with Crippen LogP contribution < -0.4 is 0 Å². The minimum absolute atomic E-state index is 0.190. The zero-order valence-corrected chi connectivity index (χ0v) is 22.0. The number of carbonyl (C=O) groups is 1. The van der Waals surface area contributed by atoms with E-state index in [-0.39, 0.29) is 16.4 Å². The van der Waals surface area contributed by atoms with Gasteiger partial charge in [0.2, 0.25) is 0 Å². The summed E-state index contributed by atoms with van der Waals surface area (Å²) in [6, 6.07) is 0. The van der Waals surface area contributed by atoms with Crippen molar-refractivity contribution in [1.82, 2.24) is 0 Å². The molecule has 6 atom stereocenters. The lowest BCUT2D eigenvalue weighted by Crippen LogP contribution is -2.50. The number of hydrogen-bond donors (Lipinski definition) is 1. The molecule has 0 aliphatic heterocycles. The van der Waals surface area contributed by atoms with E-state index in [1.54, 1.807) is 0 Å². The first kappa shape index (κ1) is 24.4. The lowest BCUT2D eigenvalue weighted by Gasteiger charge is -2.50. The minimum Gasteiger partial charge on any atom is -0.414 e. The molecule has 0 aromatic rings. The maximum Gasteiger partial charge on any atom is 0.192 e. The van der Waals surface area contributed by atoms with E-state index >= 15 is 0 Å². The summed E-state index contributed by atoms with van der Waals surface area (Å²) >= 11 is 0. The first-order chi connectivity index (χ1) is 13.7. The largest absolute Gasteiger partial charge is 0.414 e. The molecular weight excluding hydrogens is 388 g/mol. The van der Waals surface area contributed by atoms with Crippen LogP contribution in [-0.2, 0) is 9.22 Å². The molecular formula is C26H48O3Si. The van der Waals surface area contributed by atoms with Gasteiger partial charge in [0.25, 0.3) is 0 Å². The highest BCUT2D eigenvalue weighted by Crippen LogP contribution is 2.71. The molecule has 0 aromatic carbocycles. The molecule has 0 bridgehead atoms. The van der Waals surface area contributed by atoms with Crippen molar-refractivity contribution in [3.63, 3.8) is 0 Å². The van der Waals surface area contributed by atoms with Gasteiger partial charge in [-0.2, -0.15) is 0 Å². The number of aldehydes is 1. The van der Waals surface area contributed by atoms with Crippen LogP contribution in [0, 0.1) is 28.6 Å². The van der Waals surface area contributed by atoms with Gasteiger partial charge < -0.3 is 14.3 Å². The molecule has 30 heavy (non-hydrogen) atoms. The third kappa shape index (κ3) is 4.48. The van der Waals surface area contributed by atoms with Gasteiger partial charge in [-0.25, -0.2) is 0 Å². The van der Waals surface area contributed by atoms with E-state index in [4.69, 9.17) is 4.43 Å². The molecule has 4 unspecified atom stereocenters. The fourth-order valence-corrected chi connectivity index (χ4v) is 8.40. The summed E-state index contributed by atoms with van der Waals surface area (Å²) in [5.74, 6) is 1.52. The zero-order valence-electron chi connectivity index (χ0n) is 21.0. The monoisotopic (exact) mass is 436 g/mol. The van der Waals surface area contributed by atoms with Crippen molar-refractivity contribution >= 4 is 14.6 Å². The molecule has 0 spiro atoms. The van der Waals surface area contributed by atoms with Gasteiger partial charge >= 0.3 is 0 Å². The van der Waals surface area contributed by atoms with Crippen molar-refractivity contribution < 1.29 is 14.3 Å². The molecule has 4 heteroatoms. The second-order valence-corrected chi connectivity index (χ2v) is 18.2. The summed E-state index contributed by atoms with van der Waals surface area (Å²) < 4.78 is 7.02. The third-order valence-electron chi connectivity index (χ3n) is 9.78. The van der Waals surface area contributed by atoms with Crippen LogP contribution in [0.1, 0.15) is 99.3 Å². The van der Waals surface area contributed by atoms with Crippen LogP contribution in [0.5, 0.6) is 0 Å². The number of aliphatic hydroxyl groups is 1. The molecule has 3 nitrogen and oxygen atoms in total. The van der Waals surface area contributed by atoms with E-state index in [2.05, 4.69) is 40.8 Å². The van der Waals surface area contributed by atoms with Gasteiger partial charge in [0.1, 0.15) is 6.29 Å². The predicted molar refractivity (Wildman–Crippen MR) is 127 cm³/mol. The summed E-state index contributed by atoms with van der Waals surface area (Å²) in [6.07, 6.45) is 11.9. The Morgan fingerprint density at radius 2 is 1.80 bits per heavy atom. The molecule has 174 valence electrons. The first-order valence-electron chi connectivity index (χ1n) is 12.5. The van der Waals surface area contributed by atoms with Crippen LogP contribution in [0.25, 0.3) is 0 Å². The highest BCUT2D eigenvalue weighted by atomic mass is 28.4. The molecule has 0 saturated heterocycles. The van der Waals surface area contributed by atoms with Gasteiger partial charge in [0.05, 0.1) is 5.60 Å². The van der Waals surface area contributed by atoms with E-state index in [1.807, 2.05) is 13.8 Å². The number of carbonyl (C=O) groups excluding carboxylic acids is 1. The Morgan fingerprint density at radius 1 is 1.13 bits per heavy atom. The van der Waals surface area contributed by atoms with Gasteiger partial charge in [-0.05, 0) is 99.6 Å². The predicted octanol–water partition coefficient (Wildman–Crippen LogP) is 6.74. The molecule has 0 radical (unpaired) electrons. The summed E-state index contributed by atoms with van der Waals surface area (Å²) in [7, 11) is -1.78. The fraction of sp³-hybridized carbons (Fsp3) is 0.962. The van der Waals surface area contributed by atoms with E-state index in [0.717, 1.165) is 25.7 Å². The molecule has 1 N–H and O–H groups in total. The Hall–Kier alpha value is -0.193. The maximum atomic E-state index is 11.9. The van der Waals surface area contributed by atoms with Crippen LogP contribution in [0.15, 0.2) is 0 Å². The van der Waals surface area contributed by atoms with Crippen molar-refractivity contribution in [1.29, 1.82) is 0 Å². The summed E-state index contributed by atoms with van der Waals surface area (Å²) in [4.78, 5) is 11.9. The van der Waals surface area contributed by atoms with Gasteiger partial charge in [0, 0.05) is 12.0 Å². The average molecular weight is 437 g/mol. The van der Waals surface area contributed by atoms with Gasteiger partial charge in [-0.15, -0.1) is 0 Å². The lowest BCUT2D eigenvalue weighted by molar-refractivity contribution is -0.110.